The van der Waals surface area contributed by atoms with Crippen LogP contribution in [0.2, 0.25) is 0 Å². The maximum Gasteiger partial charge on any atom is 0.322 e. The Morgan fingerprint density at radius 2 is 2.20 bits per heavy atom. The topological polar surface area (TPSA) is 118 Å². The van der Waals surface area contributed by atoms with Crippen molar-refractivity contribution in [1.29, 1.82) is 0 Å². The van der Waals surface area contributed by atoms with Crippen LogP contribution in [0.15, 0.2) is 24.7 Å². The number of likely N-dealkylation sites (tertiary alicyclic amines) is 1. The predicted molar refractivity (Wildman–Crippen MR) is 115 cm³/mol. The molecule has 2 aliphatic rings. The van der Waals surface area contributed by atoms with E-state index in [1.54, 1.807) is 6.20 Å². The Bertz CT molecular complexity index is 1080. The number of nitrogens with one attached hydrogen (secondary N) is 2. The lowest BCUT2D eigenvalue weighted by atomic mass is 9.96. The Kier molecular flexibility index (Phi) is 4.50. The molecular weight excluding hydrogens is 380 g/mol. The summed E-state index contributed by atoms with van der Waals surface area (Å²) in [7, 11) is 0. The molecule has 1 saturated heterocycles. The van der Waals surface area contributed by atoms with Crippen molar-refractivity contribution in [3.63, 3.8) is 0 Å². The summed E-state index contributed by atoms with van der Waals surface area (Å²) in [6.45, 7) is 5.86. The second kappa shape index (κ2) is 7.09. The fraction of sp³-hybridized carbons (Fsp3) is 0.524. The molecule has 1 unspecified atom stereocenters. The number of aromatic amines is 1. The number of hydrogen-bond acceptors (Lipinski definition) is 5. The Morgan fingerprint density at radius 3 is 2.97 bits per heavy atom. The number of piperidine rings is 1. The minimum Gasteiger partial charge on any atom is -0.328 e. The molecule has 0 bridgehead atoms. The number of rotatable bonds is 4. The van der Waals surface area contributed by atoms with Crippen LogP contribution in [-0.4, -0.2) is 54.0 Å². The second-order valence-electron chi connectivity index (χ2n) is 9.07. The third-order valence-corrected chi connectivity index (χ3v) is 6.21. The molecule has 1 aliphatic carbocycles. The van der Waals surface area contributed by atoms with Crippen LogP contribution in [0.1, 0.15) is 39.5 Å². The van der Waals surface area contributed by atoms with E-state index in [1.165, 1.54) is 0 Å². The summed E-state index contributed by atoms with van der Waals surface area (Å²) in [5.74, 6) is 0.485. The number of amides is 2. The summed E-state index contributed by atoms with van der Waals surface area (Å²) in [5.41, 5.74) is 9.16. The molecule has 158 valence electrons. The molecule has 2 fully saturated rings. The number of nitrogens with zero attached hydrogens (tertiary/aromatic N) is 5. The van der Waals surface area contributed by atoms with Gasteiger partial charge in [-0.3, -0.25) is 14.8 Å². The van der Waals surface area contributed by atoms with Crippen LogP contribution < -0.4 is 11.1 Å². The largest absolute Gasteiger partial charge is 0.328 e. The van der Waals surface area contributed by atoms with Crippen molar-refractivity contribution >= 4 is 22.6 Å². The third-order valence-electron chi connectivity index (χ3n) is 6.21. The van der Waals surface area contributed by atoms with Crippen molar-refractivity contribution < 1.29 is 4.79 Å². The molecule has 1 atom stereocenters. The van der Waals surface area contributed by atoms with Gasteiger partial charge in [0.05, 0.1) is 29.3 Å². The molecule has 9 heteroatoms. The highest BCUT2D eigenvalue weighted by molar-refractivity contribution is 5.94. The molecule has 3 aromatic heterocycles. The predicted octanol–water partition coefficient (Wildman–Crippen LogP) is 2.97. The van der Waals surface area contributed by atoms with E-state index >= 15 is 0 Å². The van der Waals surface area contributed by atoms with Gasteiger partial charge in [0.25, 0.3) is 0 Å². The van der Waals surface area contributed by atoms with Gasteiger partial charge in [-0.05, 0) is 37.7 Å². The number of aromatic nitrogens is 5. The highest BCUT2D eigenvalue weighted by atomic mass is 16.2. The quantitative estimate of drug-likeness (QED) is 0.613. The molecule has 1 aliphatic heterocycles. The Labute approximate surface area is 175 Å². The first-order valence-corrected chi connectivity index (χ1v) is 10.6. The summed E-state index contributed by atoms with van der Waals surface area (Å²) < 4.78 is 1.99. The van der Waals surface area contributed by atoms with Crippen LogP contribution in [0.4, 0.5) is 10.5 Å². The number of pyridine rings is 1. The standard InChI is InChI=1S/C21H28N8O/c1-13(2)12-29-18-7-16(23-9-14(18)10-25-29)19-17(11-24-27-19)26-20(30)28-6-3-15(22)8-21(28)4-5-21/h7,9-11,13,15H,3-6,8,12,22H2,1-2H3,(H,24,27)(H,26,30). The Balaban J connectivity index is 1.40. The van der Waals surface area contributed by atoms with Crippen molar-refractivity contribution in [2.24, 2.45) is 11.7 Å². The zero-order valence-electron chi connectivity index (χ0n) is 17.4. The number of hydrogen-bond donors (Lipinski definition) is 3. The molecule has 0 radical (unpaired) electrons. The van der Waals surface area contributed by atoms with E-state index in [2.05, 4.69) is 39.4 Å². The number of nitrogens with two attached hydrogens (primary N) is 1. The molecular formula is C21H28N8O. The van der Waals surface area contributed by atoms with Crippen LogP contribution in [0.5, 0.6) is 0 Å². The number of H-pyrrole nitrogens is 1. The number of carbonyl (C=O) groups excluding carboxylic acids is 1. The summed E-state index contributed by atoms with van der Waals surface area (Å²) in [5, 5.41) is 15.7. The van der Waals surface area contributed by atoms with Gasteiger partial charge in [0.1, 0.15) is 5.69 Å². The van der Waals surface area contributed by atoms with Crippen molar-refractivity contribution in [3.05, 3.63) is 24.7 Å². The summed E-state index contributed by atoms with van der Waals surface area (Å²) in [6, 6.07) is 2.09. The highest BCUT2D eigenvalue weighted by Crippen LogP contribution is 2.48. The molecule has 5 rings (SSSR count). The van der Waals surface area contributed by atoms with Crippen LogP contribution in [0.3, 0.4) is 0 Å². The van der Waals surface area contributed by atoms with Crippen LogP contribution >= 0.6 is 0 Å². The molecule has 30 heavy (non-hydrogen) atoms. The number of fused-ring (bicyclic) bond motifs is 1. The van der Waals surface area contributed by atoms with Crippen LogP contribution in [0.25, 0.3) is 22.3 Å². The van der Waals surface area contributed by atoms with E-state index in [0.29, 0.717) is 23.8 Å². The lowest BCUT2D eigenvalue weighted by Crippen LogP contribution is -2.52. The van der Waals surface area contributed by atoms with Gasteiger partial charge < -0.3 is 16.0 Å². The lowest BCUT2D eigenvalue weighted by molar-refractivity contribution is 0.142. The van der Waals surface area contributed by atoms with Crippen molar-refractivity contribution in [3.8, 4) is 11.4 Å². The van der Waals surface area contributed by atoms with Gasteiger partial charge >= 0.3 is 6.03 Å². The van der Waals surface area contributed by atoms with Crippen molar-refractivity contribution in [2.45, 2.75) is 57.7 Å². The number of carbonyl (C=O) groups is 1. The van der Waals surface area contributed by atoms with E-state index < -0.39 is 0 Å². The van der Waals surface area contributed by atoms with E-state index in [4.69, 9.17) is 5.73 Å². The number of urea groups is 1. The first kappa shape index (κ1) is 19.0. The van der Waals surface area contributed by atoms with Gasteiger partial charge in [0.2, 0.25) is 0 Å². The minimum absolute atomic E-state index is 0.0494. The zero-order chi connectivity index (χ0) is 20.9. The van der Waals surface area contributed by atoms with Gasteiger partial charge in [0, 0.05) is 36.3 Å². The van der Waals surface area contributed by atoms with Crippen LogP contribution in [-0.2, 0) is 6.54 Å². The lowest BCUT2D eigenvalue weighted by Gasteiger charge is -2.38. The fourth-order valence-electron chi connectivity index (χ4n) is 4.53. The van der Waals surface area contributed by atoms with Gasteiger partial charge in [-0.2, -0.15) is 10.2 Å². The van der Waals surface area contributed by atoms with Crippen molar-refractivity contribution in [2.75, 3.05) is 11.9 Å². The van der Waals surface area contributed by atoms with Gasteiger partial charge in [0.15, 0.2) is 0 Å². The molecule has 2 amide bonds. The van der Waals surface area contributed by atoms with Gasteiger partial charge in [-0.25, -0.2) is 4.79 Å². The van der Waals surface area contributed by atoms with Crippen molar-refractivity contribution in [1.82, 2.24) is 29.9 Å². The zero-order valence-corrected chi connectivity index (χ0v) is 17.4. The first-order chi connectivity index (χ1) is 14.4. The average Bonchev–Trinajstić information content (AvgIpc) is 3.11. The molecule has 3 aromatic rings. The molecule has 0 aromatic carbocycles. The van der Waals surface area contributed by atoms with E-state index in [0.717, 1.165) is 48.8 Å². The molecule has 4 N–H and O–H groups in total. The van der Waals surface area contributed by atoms with E-state index in [-0.39, 0.29) is 17.6 Å². The fourth-order valence-corrected chi connectivity index (χ4v) is 4.53. The number of anilines is 1. The monoisotopic (exact) mass is 408 g/mol. The molecule has 1 spiro atoms. The third kappa shape index (κ3) is 3.32. The van der Waals surface area contributed by atoms with Gasteiger partial charge in [-0.1, -0.05) is 13.8 Å². The molecule has 9 nitrogen and oxygen atoms in total. The summed E-state index contributed by atoms with van der Waals surface area (Å²) in [6.07, 6.45) is 9.07. The average molecular weight is 409 g/mol. The van der Waals surface area contributed by atoms with Crippen LogP contribution in [0, 0.1) is 5.92 Å². The maximum absolute atomic E-state index is 13.1. The normalized spacial score (nSPS) is 20.3. The molecule has 1 saturated carbocycles. The maximum atomic E-state index is 13.1. The van der Waals surface area contributed by atoms with E-state index in [1.807, 2.05) is 28.0 Å². The SMILES string of the molecule is CC(C)Cn1ncc2cnc(-c3[nH]ncc3NC(=O)N3CCC(N)CC34CC4)cc21. The second-order valence-corrected chi connectivity index (χ2v) is 9.07. The summed E-state index contributed by atoms with van der Waals surface area (Å²) in [4.78, 5) is 19.6. The minimum atomic E-state index is -0.0898. The van der Waals surface area contributed by atoms with Gasteiger partial charge in [-0.15, -0.1) is 0 Å². The first-order valence-electron chi connectivity index (χ1n) is 10.6. The summed E-state index contributed by atoms with van der Waals surface area (Å²) >= 11 is 0. The smallest absolute Gasteiger partial charge is 0.322 e. The van der Waals surface area contributed by atoms with E-state index in [9.17, 15) is 4.79 Å². The Morgan fingerprint density at radius 1 is 1.37 bits per heavy atom. The molecule has 4 heterocycles. The highest BCUT2D eigenvalue weighted by Gasteiger charge is 2.52. The Hall–Kier alpha value is -2.94.